The molecule has 0 fully saturated rings. The monoisotopic (exact) mass is 209 g/mol. The number of H-pyrrole nitrogens is 1. The molecule has 0 radical (unpaired) electrons. The second kappa shape index (κ2) is 3.59. The number of thiazole rings is 1. The standard InChI is InChI=1S/C8H7N3O2S/c1-13-8(12)6-4-9-7(14-6)5-2-3-10-11-5/h2-4H,1H3,(H,10,11). The number of carbonyl (C=O) groups excluding carboxylic acids is 1. The lowest BCUT2D eigenvalue weighted by atomic mass is 10.5. The normalized spacial score (nSPS) is 10.1. The van der Waals surface area contributed by atoms with Crippen LogP contribution >= 0.6 is 11.3 Å². The van der Waals surface area contributed by atoms with Crippen LogP contribution in [0.3, 0.4) is 0 Å². The predicted molar refractivity (Wildman–Crippen MR) is 51.0 cm³/mol. The largest absolute Gasteiger partial charge is 0.465 e. The van der Waals surface area contributed by atoms with Gasteiger partial charge in [0.25, 0.3) is 0 Å². The minimum atomic E-state index is -0.367. The fourth-order valence-electron chi connectivity index (χ4n) is 0.969. The molecule has 0 aromatic carbocycles. The lowest BCUT2D eigenvalue weighted by Crippen LogP contribution is -1.96. The number of nitrogens with one attached hydrogen (secondary N) is 1. The van der Waals surface area contributed by atoms with Crippen LogP contribution in [-0.4, -0.2) is 28.3 Å². The van der Waals surface area contributed by atoms with Crippen molar-refractivity contribution >= 4 is 17.3 Å². The number of hydrogen-bond donors (Lipinski definition) is 1. The number of ether oxygens (including phenoxy) is 1. The molecular formula is C8H7N3O2S. The van der Waals surface area contributed by atoms with E-state index in [1.807, 2.05) is 0 Å². The van der Waals surface area contributed by atoms with Gasteiger partial charge in [0.05, 0.1) is 19.0 Å². The van der Waals surface area contributed by atoms with Crippen molar-refractivity contribution in [3.05, 3.63) is 23.3 Å². The quantitative estimate of drug-likeness (QED) is 0.757. The summed E-state index contributed by atoms with van der Waals surface area (Å²) in [4.78, 5) is 15.7. The maximum atomic E-state index is 11.1. The van der Waals surface area contributed by atoms with E-state index in [0.29, 0.717) is 4.88 Å². The summed E-state index contributed by atoms with van der Waals surface area (Å²) in [5, 5.41) is 7.29. The summed E-state index contributed by atoms with van der Waals surface area (Å²) >= 11 is 1.27. The number of aromatic amines is 1. The van der Waals surface area contributed by atoms with Gasteiger partial charge in [-0.2, -0.15) is 5.10 Å². The maximum absolute atomic E-state index is 11.1. The molecule has 0 atom stereocenters. The molecule has 0 spiro atoms. The highest BCUT2D eigenvalue weighted by atomic mass is 32.1. The van der Waals surface area contributed by atoms with Gasteiger partial charge in [0, 0.05) is 6.20 Å². The molecule has 0 saturated heterocycles. The Hall–Kier alpha value is -1.69. The second-order valence-corrected chi connectivity index (χ2v) is 3.52. The first kappa shape index (κ1) is 8.89. The summed E-state index contributed by atoms with van der Waals surface area (Å²) in [6, 6.07) is 1.79. The highest BCUT2D eigenvalue weighted by Gasteiger charge is 2.11. The van der Waals surface area contributed by atoms with Gasteiger partial charge in [-0.3, -0.25) is 5.10 Å². The lowest BCUT2D eigenvalue weighted by Gasteiger charge is -1.90. The van der Waals surface area contributed by atoms with Crippen LogP contribution in [0, 0.1) is 0 Å². The van der Waals surface area contributed by atoms with Gasteiger partial charge in [0.15, 0.2) is 0 Å². The van der Waals surface area contributed by atoms with E-state index in [1.165, 1.54) is 24.6 Å². The minimum Gasteiger partial charge on any atom is -0.465 e. The number of rotatable bonds is 2. The SMILES string of the molecule is COC(=O)c1cnc(-c2ccn[nH]2)s1. The predicted octanol–water partition coefficient (Wildman–Crippen LogP) is 1.32. The molecule has 0 saturated carbocycles. The Morgan fingerprint density at radius 2 is 2.50 bits per heavy atom. The fraction of sp³-hybridized carbons (Fsp3) is 0.125. The number of carbonyl (C=O) groups is 1. The summed E-state index contributed by atoms with van der Waals surface area (Å²) in [6.07, 6.45) is 3.13. The van der Waals surface area contributed by atoms with Crippen LogP contribution in [0.15, 0.2) is 18.5 Å². The van der Waals surface area contributed by atoms with Gasteiger partial charge in [-0.15, -0.1) is 11.3 Å². The molecule has 14 heavy (non-hydrogen) atoms. The van der Waals surface area contributed by atoms with E-state index < -0.39 is 0 Å². The van der Waals surface area contributed by atoms with Gasteiger partial charge in [0.1, 0.15) is 9.88 Å². The number of methoxy groups -OCH3 is 1. The van der Waals surface area contributed by atoms with E-state index >= 15 is 0 Å². The van der Waals surface area contributed by atoms with Crippen LogP contribution in [0.5, 0.6) is 0 Å². The molecule has 2 heterocycles. The molecule has 2 aromatic rings. The topological polar surface area (TPSA) is 67.9 Å². The third-order valence-electron chi connectivity index (χ3n) is 1.62. The van der Waals surface area contributed by atoms with Crippen molar-refractivity contribution in [2.45, 2.75) is 0 Å². The van der Waals surface area contributed by atoms with E-state index in [4.69, 9.17) is 0 Å². The first-order valence-electron chi connectivity index (χ1n) is 3.85. The fourth-order valence-corrected chi connectivity index (χ4v) is 1.78. The molecule has 0 aliphatic carbocycles. The highest BCUT2D eigenvalue weighted by Crippen LogP contribution is 2.23. The Morgan fingerprint density at radius 1 is 1.64 bits per heavy atom. The molecule has 1 N–H and O–H groups in total. The van der Waals surface area contributed by atoms with Crippen LogP contribution < -0.4 is 0 Å². The molecule has 0 aliphatic rings. The molecule has 72 valence electrons. The second-order valence-electron chi connectivity index (χ2n) is 2.49. The Bertz CT molecular complexity index is 435. The van der Waals surface area contributed by atoms with Crippen molar-refractivity contribution in [3.8, 4) is 10.7 Å². The Balaban J connectivity index is 2.31. The molecule has 5 nitrogen and oxygen atoms in total. The third-order valence-corrected chi connectivity index (χ3v) is 2.63. The number of nitrogens with zero attached hydrogens (tertiary/aromatic N) is 2. The van der Waals surface area contributed by atoms with E-state index in [-0.39, 0.29) is 5.97 Å². The van der Waals surface area contributed by atoms with Crippen molar-refractivity contribution in [1.82, 2.24) is 15.2 Å². The Morgan fingerprint density at radius 3 is 3.14 bits per heavy atom. The first-order chi connectivity index (χ1) is 6.81. The van der Waals surface area contributed by atoms with Crippen LogP contribution in [0.25, 0.3) is 10.7 Å². The van der Waals surface area contributed by atoms with Crippen LogP contribution in [0.2, 0.25) is 0 Å². The van der Waals surface area contributed by atoms with Crippen LogP contribution in [0.4, 0.5) is 0 Å². The molecular weight excluding hydrogens is 202 g/mol. The molecule has 6 heteroatoms. The summed E-state index contributed by atoms with van der Waals surface area (Å²) in [7, 11) is 1.35. The Labute approximate surface area is 83.8 Å². The number of hydrogen-bond acceptors (Lipinski definition) is 5. The van der Waals surface area contributed by atoms with Crippen LogP contribution in [-0.2, 0) is 4.74 Å². The van der Waals surface area contributed by atoms with E-state index in [0.717, 1.165) is 10.7 Å². The van der Waals surface area contributed by atoms with E-state index in [1.54, 1.807) is 12.3 Å². The zero-order valence-corrected chi connectivity index (χ0v) is 8.17. The molecule has 0 aliphatic heterocycles. The Kier molecular flexibility index (Phi) is 2.28. The summed E-state index contributed by atoms with van der Waals surface area (Å²) in [5.41, 5.74) is 0.796. The summed E-state index contributed by atoms with van der Waals surface area (Å²) < 4.78 is 4.57. The van der Waals surface area contributed by atoms with Gasteiger partial charge in [-0.25, -0.2) is 9.78 Å². The summed E-state index contributed by atoms with van der Waals surface area (Å²) in [5.74, 6) is -0.367. The average molecular weight is 209 g/mol. The molecule has 0 amide bonds. The van der Waals surface area contributed by atoms with E-state index in [9.17, 15) is 4.79 Å². The summed E-state index contributed by atoms with van der Waals surface area (Å²) in [6.45, 7) is 0. The zero-order valence-electron chi connectivity index (χ0n) is 7.35. The first-order valence-corrected chi connectivity index (χ1v) is 4.67. The van der Waals surface area contributed by atoms with Crippen LogP contribution in [0.1, 0.15) is 9.67 Å². The van der Waals surface area contributed by atoms with Crippen molar-refractivity contribution in [1.29, 1.82) is 0 Å². The van der Waals surface area contributed by atoms with Crippen molar-refractivity contribution in [2.24, 2.45) is 0 Å². The average Bonchev–Trinajstić information content (AvgIpc) is 2.86. The molecule has 2 aromatic heterocycles. The van der Waals surface area contributed by atoms with Gasteiger partial charge < -0.3 is 4.74 Å². The van der Waals surface area contributed by atoms with E-state index in [2.05, 4.69) is 19.9 Å². The maximum Gasteiger partial charge on any atom is 0.349 e. The van der Waals surface area contributed by atoms with Gasteiger partial charge in [-0.05, 0) is 6.07 Å². The zero-order chi connectivity index (χ0) is 9.97. The van der Waals surface area contributed by atoms with Gasteiger partial charge in [-0.1, -0.05) is 0 Å². The molecule has 0 bridgehead atoms. The number of esters is 1. The lowest BCUT2D eigenvalue weighted by molar-refractivity contribution is 0.0606. The van der Waals surface area contributed by atoms with Crippen molar-refractivity contribution < 1.29 is 9.53 Å². The number of aromatic nitrogens is 3. The molecule has 2 rings (SSSR count). The van der Waals surface area contributed by atoms with Crippen molar-refractivity contribution in [3.63, 3.8) is 0 Å². The molecule has 0 unspecified atom stereocenters. The van der Waals surface area contributed by atoms with Gasteiger partial charge in [0.2, 0.25) is 0 Å². The highest BCUT2D eigenvalue weighted by molar-refractivity contribution is 7.16. The minimum absolute atomic E-state index is 0.367. The third kappa shape index (κ3) is 1.51. The van der Waals surface area contributed by atoms with Gasteiger partial charge >= 0.3 is 5.97 Å². The smallest absolute Gasteiger partial charge is 0.349 e. The van der Waals surface area contributed by atoms with Crippen molar-refractivity contribution in [2.75, 3.05) is 7.11 Å².